The molecular formula is C9H15F3O. The van der Waals surface area contributed by atoms with Crippen molar-refractivity contribution < 1.29 is 18.0 Å². The summed E-state index contributed by atoms with van der Waals surface area (Å²) in [5.41, 5.74) is -0.0821. The van der Waals surface area contributed by atoms with E-state index in [-0.39, 0.29) is 11.8 Å². The van der Waals surface area contributed by atoms with Gasteiger partial charge in [0, 0.05) is 6.42 Å². The monoisotopic (exact) mass is 196 g/mol. The topological polar surface area (TPSA) is 17.1 Å². The Hall–Kier alpha value is -0.540. The number of hydrogen-bond acceptors (Lipinski definition) is 1. The van der Waals surface area contributed by atoms with E-state index in [1.165, 1.54) is 0 Å². The Labute approximate surface area is 76.3 Å². The van der Waals surface area contributed by atoms with Crippen molar-refractivity contribution >= 4 is 5.78 Å². The molecule has 0 aromatic rings. The molecule has 0 rings (SSSR count). The van der Waals surface area contributed by atoms with Crippen LogP contribution >= 0.6 is 0 Å². The van der Waals surface area contributed by atoms with Crippen LogP contribution in [0.4, 0.5) is 13.2 Å². The van der Waals surface area contributed by atoms with Gasteiger partial charge < -0.3 is 0 Å². The van der Waals surface area contributed by atoms with Crippen molar-refractivity contribution in [3.05, 3.63) is 0 Å². The van der Waals surface area contributed by atoms with Crippen LogP contribution in [0, 0.1) is 5.41 Å². The summed E-state index contributed by atoms with van der Waals surface area (Å²) in [5.74, 6) is -0.720. The van der Waals surface area contributed by atoms with Gasteiger partial charge >= 0.3 is 6.18 Å². The SMILES string of the molecule is CC(C)(C)CCC(=O)CC(F)(F)F. The number of halogens is 3. The minimum absolute atomic E-state index is 0.0169. The molecule has 4 heteroatoms. The zero-order valence-corrected chi connectivity index (χ0v) is 8.16. The lowest BCUT2D eigenvalue weighted by Gasteiger charge is -2.17. The Morgan fingerprint density at radius 1 is 1.15 bits per heavy atom. The third kappa shape index (κ3) is 9.37. The summed E-state index contributed by atoms with van der Waals surface area (Å²) in [6, 6.07) is 0. The van der Waals surface area contributed by atoms with Crippen LogP contribution in [0.25, 0.3) is 0 Å². The van der Waals surface area contributed by atoms with Gasteiger partial charge in [0.2, 0.25) is 0 Å². The lowest BCUT2D eigenvalue weighted by atomic mass is 9.89. The first-order chi connectivity index (χ1) is 5.60. The van der Waals surface area contributed by atoms with Crippen molar-refractivity contribution in [3.63, 3.8) is 0 Å². The third-order valence-corrected chi connectivity index (χ3v) is 1.55. The molecule has 0 aliphatic rings. The molecule has 0 atom stereocenters. The molecule has 0 heterocycles. The maximum Gasteiger partial charge on any atom is 0.395 e. The lowest BCUT2D eigenvalue weighted by molar-refractivity contribution is -0.152. The van der Waals surface area contributed by atoms with E-state index in [4.69, 9.17) is 0 Å². The van der Waals surface area contributed by atoms with Gasteiger partial charge in [0.05, 0.1) is 0 Å². The van der Waals surface area contributed by atoms with Crippen LogP contribution in [0.3, 0.4) is 0 Å². The van der Waals surface area contributed by atoms with Gasteiger partial charge in [-0.25, -0.2) is 0 Å². The van der Waals surface area contributed by atoms with Gasteiger partial charge in [-0.05, 0) is 11.8 Å². The van der Waals surface area contributed by atoms with Crippen LogP contribution in [-0.4, -0.2) is 12.0 Å². The predicted molar refractivity (Wildman–Crippen MR) is 44.4 cm³/mol. The van der Waals surface area contributed by atoms with Crippen LogP contribution in [0.2, 0.25) is 0 Å². The van der Waals surface area contributed by atoms with Crippen molar-refractivity contribution in [2.24, 2.45) is 5.41 Å². The Morgan fingerprint density at radius 3 is 1.92 bits per heavy atom. The van der Waals surface area contributed by atoms with Crippen molar-refractivity contribution in [3.8, 4) is 0 Å². The van der Waals surface area contributed by atoms with Crippen LogP contribution in [0.5, 0.6) is 0 Å². The van der Waals surface area contributed by atoms with Gasteiger partial charge in [0.25, 0.3) is 0 Å². The highest BCUT2D eigenvalue weighted by molar-refractivity contribution is 5.79. The highest BCUT2D eigenvalue weighted by Crippen LogP contribution is 2.25. The summed E-state index contributed by atoms with van der Waals surface area (Å²) in [4.78, 5) is 10.8. The molecule has 0 amide bonds. The summed E-state index contributed by atoms with van der Waals surface area (Å²) >= 11 is 0. The van der Waals surface area contributed by atoms with E-state index < -0.39 is 18.4 Å². The summed E-state index contributed by atoms with van der Waals surface area (Å²) < 4.78 is 35.1. The van der Waals surface area contributed by atoms with E-state index in [0.717, 1.165) is 0 Å². The second kappa shape index (κ2) is 4.11. The van der Waals surface area contributed by atoms with Crippen molar-refractivity contribution in [2.75, 3.05) is 0 Å². The number of carbonyl (C=O) groups is 1. The summed E-state index contributed by atoms with van der Waals surface area (Å²) in [7, 11) is 0. The Bertz CT molecular complexity index is 176. The van der Waals surface area contributed by atoms with Gasteiger partial charge in [0.15, 0.2) is 0 Å². The molecule has 0 saturated heterocycles. The first kappa shape index (κ1) is 12.5. The van der Waals surface area contributed by atoms with Gasteiger partial charge in [-0.15, -0.1) is 0 Å². The zero-order chi connectivity index (χ0) is 10.7. The van der Waals surface area contributed by atoms with E-state index >= 15 is 0 Å². The number of Topliss-reactive ketones (excluding diaryl/α,β-unsaturated/α-hetero) is 1. The standard InChI is InChI=1S/C9H15F3O/c1-8(2,3)5-4-7(13)6-9(10,11)12/h4-6H2,1-3H3. The second-order valence-corrected chi connectivity index (χ2v) is 4.39. The first-order valence-electron chi connectivity index (χ1n) is 4.19. The van der Waals surface area contributed by atoms with E-state index in [1.54, 1.807) is 0 Å². The van der Waals surface area contributed by atoms with Crippen LogP contribution < -0.4 is 0 Å². The fraction of sp³-hybridized carbons (Fsp3) is 0.889. The first-order valence-corrected chi connectivity index (χ1v) is 4.19. The molecule has 0 aromatic heterocycles. The Morgan fingerprint density at radius 2 is 1.62 bits per heavy atom. The minimum atomic E-state index is -4.35. The molecule has 0 fully saturated rings. The normalized spacial score (nSPS) is 13.1. The molecule has 0 unspecified atom stereocenters. The quantitative estimate of drug-likeness (QED) is 0.676. The maximum atomic E-state index is 11.7. The summed E-state index contributed by atoms with van der Waals surface area (Å²) in [6.45, 7) is 5.69. The molecule has 0 bridgehead atoms. The number of alkyl halides is 3. The van der Waals surface area contributed by atoms with E-state index in [1.807, 2.05) is 20.8 Å². The van der Waals surface area contributed by atoms with Gasteiger partial charge in [-0.3, -0.25) is 4.79 Å². The molecular weight excluding hydrogens is 181 g/mol. The van der Waals surface area contributed by atoms with Gasteiger partial charge in [-0.1, -0.05) is 20.8 Å². The van der Waals surface area contributed by atoms with Crippen LogP contribution in [0.1, 0.15) is 40.0 Å². The van der Waals surface area contributed by atoms with Crippen LogP contribution in [0.15, 0.2) is 0 Å². The van der Waals surface area contributed by atoms with E-state index in [0.29, 0.717) is 6.42 Å². The largest absolute Gasteiger partial charge is 0.395 e. The predicted octanol–water partition coefficient (Wildman–Crippen LogP) is 3.33. The van der Waals surface area contributed by atoms with Crippen molar-refractivity contribution in [1.82, 2.24) is 0 Å². The molecule has 0 aliphatic heterocycles. The van der Waals surface area contributed by atoms with E-state index in [9.17, 15) is 18.0 Å². The van der Waals surface area contributed by atoms with E-state index in [2.05, 4.69) is 0 Å². The molecule has 0 saturated carbocycles. The van der Waals surface area contributed by atoms with Crippen LogP contribution in [-0.2, 0) is 4.79 Å². The lowest BCUT2D eigenvalue weighted by Crippen LogP contribution is -2.16. The molecule has 78 valence electrons. The zero-order valence-electron chi connectivity index (χ0n) is 8.16. The molecule has 0 radical (unpaired) electrons. The third-order valence-electron chi connectivity index (χ3n) is 1.55. The fourth-order valence-electron chi connectivity index (χ4n) is 0.826. The summed E-state index contributed by atoms with van der Waals surface area (Å²) in [6.07, 6.45) is -5.12. The smallest absolute Gasteiger partial charge is 0.299 e. The molecule has 0 N–H and O–H groups in total. The number of hydrogen-bond donors (Lipinski definition) is 0. The maximum absolute atomic E-state index is 11.7. The number of rotatable bonds is 3. The average Bonchev–Trinajstić information content (AvgIpc) is 1.78. The van der Waals surface area contributed by atoms with Crippen molar-refractivity contribution in [2.45, 2.75) is 46.2 Å². The summed E-state index contributed by atoms with van der Waals surface area (Å²) in [5, 5.41) is 0. The molecule has 13 heavy (non-hydrogen) atoms. The molecule has 0 aromatic carbocycles. The highest BCUT2D eigenvalue weighted by Gasteiger charge is 2.31. The van der Waals surface area contributed by atoms with Gasteiger partial charge in [0.1, 0.15) is 12.2 Å². The Balaban J connectivity index is 3.78. The second-order valence-electron chi connectivity index (χ2n) is 4.39. The average molecular weight is 196 g/mol. The highest BCUT2D eigenvalue weighted by atomic mass is 19.4. The minimum Gasteiger partial charge on any atom is -0.299 e. The molecule has 0 spiro atoms. The molecule has 0 aliphatic carbocycles. The van der Waals surface area contributed by atoms with Crippen molar-refractivity contribution in [1.29, 1.82) is 0 Å². The fourth-order valence-corrected chi connectivity index (χ4v) is 0.826. The number of ketones is 1. The van der Waals surface area contributed by atoms with Gasteiger partial charge in [-0.2, -0.15) is 13.2 Å². The molecule has 1 nitrogen and oxygen atoms in total. The number of carbonyl (C=O) groups excluding carboxylic acids is 1. The Kier molecular flexibility index (Phi) is 3.94.